The van der Waals surface area contributed by atoms with E-state index in [1.807, 2.05) is 0 Å². The standard InChI is InChI=1S/C29H28F2N2O9S/c1-18(34)40-19(2)41-28(37)32-26(27(35)36)14-20-5-3-8-25(13-20)43(38,39)33-16-29(17-33,21-9-11-22(30)12-10-21)42-24-7-4-6-23(31)15-24/h3-13,15,19,26H,14,16-17H2,1-2H3,(H,32,37)(H,35,36)/t19?,26-/m0/s1. The summed E-state index contributed by atoms with van der Waals surface area (Å²) in [5.41, 5.74) is -0.458. The van der Waals surface area contributed by atoms with Crippen LogP contribution in [0.4, 0.5) is 13.6 Å². The molecule has 1 aliphatic rings. The van der Waals surface area contributed by atoms with Crippen LogP contribution in [0.1, 0.15) is 25.0 Å². The predicted molar refractivity (Wildman–Crippen MR) is 146 cm³/mol. The Morgan fingerprint density at radius 1 is 0.977 bits per heavy atom. The lowest BCUT2D eigenvalue weighted by atomic mass is 9.87. The number of hydrogen-bond acceptors (Lipinski definition) is 8. The lowest BCUT2D eigenvalue weighted by Crippen LogP contribution is -2.64. The van der Waals surface area contributed by atoms with E-state index in [9.17, 15) is 36.7 Å². The molecule has 2 N–H and O–H groups in total. The molecule has 43 heavy (non-hydrogen) atoms. The van der Waals surface area contributed by atoms with Crippen molar-refractivity contribution in [2.45, 2.75) is 43.1 Å². The first kappa shape index (κ1) is 31.4. The molecular formula is C29H28F2N2O9S. The van der Waals surface area contributed by atoms with Crippen LogP contribution in [0.5, 0.6) is 5.75 Å². The van der Waals surface area contributed by atoms with Crippen LogP contribution in [0.2, 0.25) is 0 Å². The minimum absolute atomic E-state index is 0.140. The fraction of sp³-hybridized carbons (Fsp3) is 0.276. The summed E-state index contributed by atoms with van der Waals surface area (Å²) in [6, 6.07) is 14.8. The van der Waals surface area contributed by atoms with Crippen molar-refractivity contribution in [1.29, 1.82) is 0 Å². The van der Waals surface area contributed by atoms with E-state index in [0.29, 0.717) is 5.56 Å². The second-order valence-corrected chi connectivity index (χ2v) is 11.7. The minimum atomic E-state index is -4.12. The summed E-state index contributed by atoms with van der Waals surface area (Å²) in [6.07, 6.45) is -2.71. The highest BCUT2D eigenvalue weighted by atomic mass is 32.2. The molecule has 0 aromatic heterocycles. The van der Waals surface area contributed by atoms with Crippen LogP contribution < -0.4 is 10.1 Å². The number of esters is 1. The first-order valence-corrected chi connectivity index (χ1v) is 14.4. The smallest absolute Gasteiger partial charge is 0.410 e. The molecule has 3 aromatic rings. The molecule has 4 rings (SSSR count). The summed E-state index contributed by atoms with van der Waals surface area (Å²) in [4.78, 5) is 34.8. The molecule has 1 amide bonds. The molecule has 1 unspecified atom stereocenters. The van der Waals surface area contributed by atoms with Gasteiger partial charge in [-0.05, 0) is 47.5 Å². The zero-order valence-electron chi connectivity index (χ0n) is 23.0. The van der Waals surface area contributed by atoms with Gasteiger partial charge in [-0.25, -0.2) is 26.8 Å². The second kappa shape index (κ2) is 12.8. The first-order chi connectivity index (χ1) is 20.3. The van der Waals surface area contributed by atoms with Gasteiger partial charge in [0.1, 0.15) is 23.4 Å². The van der Waals surface area contributed by atoms with Crippen LogP contribution >= 0.6 is 0 Å². The van der Waals surface area contributed by atoms with Gasteiger partial charge in [0.2, 0.25) is 16.3 Å². The molecule has 0 aliphatic carbocycles. The number of sulfonamides is 1. The number of carbonyl (C=O) groups is 3. The number of carbonyl (C=O) groups excluding carboxylic acids is 2. The highest BCUT2D eigenvalue weighted by Crippen LogP contribution is 2.40. The maximum absolute atomic E-state index is 13.8. The summed E-state index contributed by atoms with van der Waals surface area (Å²) in [7, 11) is -4.12. The molecule has 0 bridgehead atoms. The molecule has 11 nitrogen and oxygen atoms in total. The fourth-order valence-corrected chi connectivity index (χ4v) is 6.12. The van der Waals surface area contributed by atoms with E-state index in [-0.39, 0.29) is 35.7 Å². The number of carboxylic acids is 1. The number of nitrogens with one attached hydrogen (secondary N) is 1. The largest absolute Gasteiger partial charge is 0.480 e. The number of alkyl carbamates (subject to hydrolysis) is 1. The van der Waals surface area contributed by atoms with Crippen molar-refractivity contribution < 1.29 is 50.9 Å². The van der Waals surface area contributed by atoms with Crippen molar-refractivity contribution in [1.82, 2.24) is 9.62 Å². The highest BCUT2D eigenvalue weighted by molar-refractivity contribution is 7.89. The number of hydrogen-bond donors (Lipinski definition) is 2. The molecule has 0 radical (unpaired) electrons. The van der Waals surface area contributed by atoms with Crippen molar-refractivity contribution in [2.75, 3.05) is 13.1 Å². The van der Waals surface area contributed by atoms with E-state index < -0.39 is 57.6 Å². The Morgan fingerprint density at radius 3 is 2.28 bits per heavy atom. The molecule has 228 valence electrons. The van der Waals surface area contributed by atoms with Gasteiger partial charge < -0.3 is 24.6 Å². The van der Waals surface area contributed by atoms with Gasteiger partial charge >= 0.3 is 18.0 Å². The number of benzene rings is 3. The highest BCUT2D eigenvalue weighted by Gasteiger charge is 2.52. The van der Waals surface area contributed by atoms with Crippen molar-refractivity contribution in [3.05, 3.63) is 95.6 Å². The summed E-state index contributed by atoms with van der Waals surface area (Å²) >= 11 is 0. The Kier molecular flexibility index (Phi) is 9.30. The number of ether oxygens (including phenoxy) is 3. The van der Waals surface area contributed by atoms with Crippen molar-refractivity contribution in [3.8, 4) is 5.75 Å². The van der Waals surface area contributed by atoms with Gasteiger partial charge in [-0.1, -0.05) is 30.3 Å². The van der Waals surface area contributed by atoms with Gasteiger partial charge in [0, 0.05) is 26.3 Å². The lowest BCUT2D eigenvalue weighted by molar-refractivity contribution is -0.162. The Morgan fingerprint density at radius 2 is 1.65 bits per heavy atom. The van der Waals surface area contributed by atoms with Gasteiger partial charge in [-0.2, -0.15) is 4.31 Å². The third kappa shape index (κ3) is 7.64. The number of nitrogens with zero attached hydrogens (tertiary/aromatic N) is 1. The molecule has 14 heteroatoms. The van der Waals surface area contributed by atoms with Gasteiger partial charge in [-0.3, -0.25) is 4.79 Å². The summed E-state index contributed by atoms with van der Waals surface area (Å²) in [5.74, 6) is -2.99. The number of aliphatic carboxylic acids is 1. The Labute approximate surface area is 246 Å². The average molecular weight is 619 g/mol. The molecule has 3 aromatic carbocycles. The zero-order valence-corrected chi connectivity index (χ0v) is 23.8. The Bertz CT molecular complexity index is 1610. The molecule has 0 saturated carbocycles. The number of amides is 1. The topological polar surface area (TPSA) is 149 Å². The zero-order chi connectivity index (χ0) is 31.4. The first-order valence-electron chi connectivity index (χ1n) is 12.9. The van der Waals surface area contributed by atoms with E-state index >= 15 is 0 Å². The SMILES string of the molecule is CC(=O)OC(C)OC(=O)N[C@@H](Cc1cccc(S(=O)(=O)N2CC(Oc3cccc(F)c3)(c3ccc(F)cc3)C2)c1)C(=O)O. The molecule has 1 fully saturated rings. The third-order valence-corrected chi connectivity index (χ3v) is 8.30. The monoisotopic (exact) mass is 618 g/mol. The number of carboxylic acid groups (broad SMARTS) is 1. The van der Waals surface area contributed by atoms with E-state index in [1.54, 1.807) is 0 Å². The van der Waals surface area contributed by atoms with Gasteiger partial charge in [0.25, 0.3) is 0 Å². The third-order valence-electron chi connectivity index (χ3n) is 6.51. The van der Waals surface area contributed by atoms with Crippen LogP contribution in [0, 0.1) is 11.6 Å². The minimum Gasteiger partial charge on any atom is -0.480 e. The van der Waals surface area contributed by atoms with E-state index in [1.165, 1.54) is 73.7 Å². The maximum atomic E-state index is 13.8. The Hall–Kier alpha value is -4.56. The van der Waals surface area contributed by atoms with Crippen LogP contribution in [0.25, 0.3) is 0 Å². The quantitative estimate of drug-likeness (QED) is 0.243. The second-order valence-electron chi connectivity index (χ2n) is 9.80. The maximum Gasteiger partial charge on any atom is 0.410 e. The number of halogens is 2. The summed E-state index contributed by atoms with van der Waals surface area (Å²) in [6.45, 7) is 2.04. The van der Waals surface area contributed by atoms with Crippen LogP contribution in [0.15, 0.2) is 77.7 Å². The van der Waals surface area contributed by atoms with E-state index in [4.69, 9.17) is 9.47 Å². The van der Waals surface area contributed by atoms with Crippen LogP contribution in [-0.4, -0.2) is 61.3 Å². The molecule has 2 atom stereocenters. The average Bonchev–Trinajstić information content (AvgIpc) is 2.90. The summed E-state index contributed by atoms with van der Waals surface area (Å²) < 4.78 is 71.3. The van der Waals surface area contributed by atoms with E-state index in [0.717, 1.165) is 17.3 Å². The summed E-state index contributed by atoms with van der Waals surface area (Å²) in [5, 5.41) is 11.8. The van der Waals surface area contributed by atoms with Crippen LogP contribution in [-0.2, 0) is 41.1 Å². The van der Waals surface area contributed by atoms with Crippen molar-refractivity contribution in [2.24, 2.45) is 0 Å². The van der Waals surface area contributed by atoms with Gasteiger partial charge in [-0.15, -0.1) is 0 Å². The lowest BCUT2D eigenvalue weighted by Gasteiger charge is -2.48. The van der Waals surface area contributed by atoms with Gasteiger partial charge in [0.05, 0.1) is 18.0 Å². The predicted octanol–water partition coefficient (Wildman–Crippen LogP) is 3.57. The molecule has 1 aliphatic heterocycles. The van der Waals surface area contributed by atoms with Gasteiger partial charge in [0.15, 0.2) is 5.60 Å². The van der Waals surface area contributed by atoms with Crippen LogP contribution in [0.3, 0.4) is 0 Å². The number of rotatable bonds is 11. The fourth-order valence-electron chi connectivity index (χ4n) is 4.51. The normalized spacial score (nSPS) is 15.8. The molecule has 0 spiro atoms. The molecule has 1 heterocycles. The Balaban J connectivity index is 1.50. The molecule has 1 saturated heterocycles. The van der Waals surface area contributed by atoms with Crippen molar-refractivity contribution in [3.63, 3.8) is 0 Å². The molecular weight excluding hydrogens is 590 g/mol. The van der Waals surface area contributed by atoms with Crippen molar-refractivity contribution >= 4 is 28.1 Å². The van der Waals surface area contributed by atoms with E-state index in [2.05, 4.69) is 10.1 Å².